The first kappa shape index (κ1) is 14.1. The fourth-order valence-electron chi connectivity index (χ4n) is 3.22. The first-order chi connectivity index (χ1) is 10.1. The molecule has 0 spiro atoms. The highest BCUT2D eigenvalue weighted by Crippen LogP contribution is 2.42. The Morgan fingerprint density at radius 2 is 2.05 bits per heavy atom. The smallest absolute Gasteiger partial charge is 0.217 e. The van der Waals surface area contributed by atoms with E-state index in [0.717, 1.165) is 16.8 Å². The predicted octanol–water partition coefficient (Wildman–Crippen LogP) is 3.09. The molecule has 1 unspecified atom stereocenters. The lowest BCUT2D eigenvalue weighted by Gasteiger charge is -2.29. The summed E-state index contributed by atoms with van der Waals surface area (Å²) in [5.41, 5.74) is 3.83. The molecule has 4 nitrogen and oxygen atoms in total. The van der Waals surface area contributed by atoms with Crippen LogP contribution in [-0.4, -0.2) is 22.0 Å². The van der Waals surface area contributed by atoms with Crippen LogP contribution in [0.5, 0.6) is 5.88 Å². The summed E-state index contributed by atoms with van der Waals surface area (Å²) in [6.07, 6.45) is 3.02. The van der Waals surface area contributed by atoms with Gasteiger partial charge >= 0.3 is 0 Å². The van der Waals surface area contributed by atoms with Crippen LogP contribution in [0.2, 0.25) is 0 Å². The zero-order valence-electron chi connectivity index (χ0n) is 12.8. The molecule has 1 fully saturated rings. The molecule has 0 aliphatic heterocycles. The van der Waals surface area contributed by atoms with Crippen LogP contribution in [-0.2, 0) is 7.05 Å². The molecule has 1 atom stereocenters. The number of aliphatic hydroxyl groups excluding tert-OH is 1. The second-order valence-corrected chi connectivity index (χ2v) is 5.79. The van der Waals surface area contributed by atoms with Crippen LogP contribution >= 0.6 is 0 Å². The number of rotatable bonds is 4. The van der Waals surface area contributed by atoms with Gasteiger partial charge in [-0.25, -0.2) is 4.68 Å². The number of methoxy groups -OCH3 is 1. The first-order valence-electron chi connectivity index (χ1n) is 7.47. The van der Waals surface area contributed by atoms with Crippen LogP contribution in [0, 0.1) is 6.92 Å². The van der Waals surface area contributed by atoms with Crippen molar-refractivity contribution < 1.29 is 9.84 Å². The number of aryl methyl sites for hydroxylation is 2. The average Bonchev–Trinajstić information content (AvgIpc) is 2.70. The van der Waals surface area contributed by atoms with Crippen LogP contribution in [0.3, 0.4) is 0 Å². The maximum Gasteiger partial charge on any atom is 0.217 e. The standard InChI is InChI=1S/C17H22N2O2/c1-11-15(17(21-3)19(2)18-11)16(20)14-10-5-4-9-13(14)12-7-6-8-12/h4-5,9-10,12,16,20H,6-8H2,1-3H3. The van der Waals surface area contributed by atoms with E-state index >= 15 is 0 Å². The summed E-state index contributed by atoms with van der Waals surface area (Å²) in [6, 6.07) is 8.20. The summed E-state index contributed by atoms with van der Waals surface area (Å²) in [5, 5.41) is 15.3. The van der Waals surface area contributed by atoms with Gasteiger partial charge < -0.3 is 9.84 Å². The van der Waals surface area contributed by atoms with Gasteiger partial charge in [-0.15, -0.1) is 0 Å². The largest absolute Gasteiger partial charge is 0.481 e. The van der Waals surface area contributed by atoms with Crippen molar-refractivity contribution in [1.82, 2.24) is 9.78 Å². The highest BCUT2D eigenvalue weighted by Gasteiger charge is 2.28. The third-order valence-corrected chi connectivity index (χ3v) is 4.52. The van der Waals surface area contributed by atoms with Crippen molar-refractivity contribution in [3.05, 3.63) is 46.6 Å². The van der Waals surface area contributed by atoms with Gasteiger partial charge in [0.25, 0.3) is 0 Å². The van der Waals surface area contributed by atoms with Crippen molar-refractivity contribution in [3.63, 3.8) is 0 Å². The van der Waals surface area contributed by atoms with Gasteiger partial charge in [-0.05, 0) is 36.8 Å². The molecule has 1 N–H and O–H groups in total. The van der Waals surface area contributed by atoms with E-state index in [1.807, 2.05) is 26.1 Å². The second-order valence-electron chi connectivity index (χ2n) is 5.79. The van der Waals surface area contributed by atoms with E-state index in [-0.39, 0.29) is 0 Å². The zero-order chi connectivity index (χ0) is 15.0. The van der Waals surface area contributed by atoms with Crippen molar-refractivity contribution >= 4 is 0 Å². The Hall–Kier alpha value is -1.81. The normalized spacial score (nSPS) is 16.6. The maximum atomic E-state index is 10.9. The highest BCUT2D eigenvalue weighted by molar-refractivity contribution is 5.43. The minimum atomic E-state index is -0.689. The van der Waals surface area contributed by atoms with Crippen molar-refractivity contribution in [2.75, 3.05) is 7.11 Å². The number of aromatic nitrogens is 2. The van der Waals surface area contributed by atoms with Crippen LogP contribution in [0.4, 0.5) is 0 Å². The topological polar surface area (TPSA) is 47.3 Å². The van der Waals surface area contributed by atoms with E-state index in [4.69, 9.17) is 4.74 Å². The molecule has 0 radical (unpaired) electrons. The molecule has 1 aromatic heterocycles. The van der Waals surface area contributed by atoms with Crippen molar-refractivity contribution in [2.45, 2.75) is 38.2 Å². The van der Waals surface area contributed by atoms with E-state index < -0.39 is 6.10 Å². The third kappa shape index (κ3) is 2.33. The molecule has 112 valence electrons. The summed E-state index contributed by atoms with van der Waals surface area (Å²) in [7, 11) is 3.45. The summed E-state index contributed by atoms with van der Waals surface area (Å²) >= 11 is 0. The number of hydrogen-bond donors (Lipinski definition) is 1. The molecule has 4 heteroatoms. The monoisotopic (exact) mass is 286 g/mol. The number of nitrogens with zero attached hydrogens (tertiary/aromatic N) is 2. The first-order valence-corrected chi connectivity index (χ1v) is 7.47. The Balaban J connectivity index is 2.05. The molecule has 0 saturated heterocycles. The number of hydrogen-bond acceptors (Lipinski definition) is 3. The third-order valence-electron chi connectivity index (χ3n) is 4.52. The minimum absolute atomic E-state index is 0.582. The summed E-state index contributed by atoms with van der Waals surface area (Å²) in [5.74, 6) is 1.21. The quantitative estimate of drug-likeness (QED) is 0.939. The van der Waals surface area contributed by atoms with Gasteiger partial charge in [0.05, 0.1) is 18.4 Å². The average molecular weight is 286 g/mol. The fraction of sp³-hybridized carbons (Fsp3) is 0.471. The molecule has 1 aromatic carbocycles. The molecule has 2 aromatic rings. The number of benzene rings is 1. The number of ether oxygens (including phenoxy) is 1. The predicted molar refractivity (Wildman–Crippen MR) is 81.6 cm³/mol. The molecule has 1 aliphatic rings. The van der Waals surface area contributed by atoms with Gasteiger partial charge in [-0.3, -0.25) is 0 Å². The van der Waals surface area contributed by atoms with Crippen LogP contribution in [0.25, 0.3) is 0 Å². The molecule has 1 heterocycles. The van der Waals surface area contributed by atoms with E-state index in [1.165, 1.54) is 24.8 Å². The van der Waals surface area contributed by atoms with Crippen molar-refractivity contribution in [3.8, 4) is 5.88 Å². The van der Waals surface area contributed by atoms with Crippen LogP contribution < -0.4 is 4.74 Å². The lowest BCUT2D eigenvalue weighted by molar-refractivity contribution is 0.210. The molecule has 1 saturated carbocycles. The molecular weight excluding hydrogens is 264 g/mol. The summed E-state index contributed by atoms with van der Waals surface area (Å²) < 4.78 is 7.10. The highest BCUT2D eigenvalue weighted by atomic mass is 16.5. The lowest BCUT2D eigenvalue weighted by Crippen LogP contribution is -2.14. The maximum absolute atomic E-state index is 10.9. The molecule has 1 aliphatic carbocycles. The second kappa shape index (κ2) is 5.53. The van der Waals surface area contributed by atoms with Gasteiger partial charge in [0.15, 0.2) is 0 Å². The molecule has 21 heavy (non-hydrogen) atoms. The van der Waals surface area contributed by atoms with E-state index in [1.54, 1.807) is 11.8 Å². The molecule has 0 amide bonds. The zero-order valence-corrected chi connectivity index (χ0v) is 12.8. The molecule has 0 bridgehead atoms. The van der Waals surface area contributed by atoms with Gasteiger partial charge in [-0.2, -0.15) is 5.10 Å². The van der Waals surface area contributed by atoms with Gasteiger partial charge in [0, 0.05) is 7.05 Å². The number of aliphatic hydroxyl groups is 1. The van der Waals surface area contributed by atoms with Gasteiger partial charge in [0.2, 0.25) is 5.88 Å². The van der Waals surface area contributed by atoms with E-state index in [2.05, 4.69) is 17.2 Å². The van der Waals surface area contributed by atoms with Crippen molar-refractivity contribution in [1.29, 1.82) is 0 Å². The Bertz CT molecular complexity index is 644. The summed E-state index contributed by atoms with van der Waals surface area (Å²) in [4.78, 5) is 0. The van der Waals surface area contributed by atoms with Crippen molar-refractivity contribution in [2.24, 2.45) is 7.05 Å². The van der Waals surface area contributed by atoms with E-state index in [0.29, 0.717) is 11.8 Å². The summed E-state index contributed by atoms with van der Waals surface area (Å²) in [6.45, 7) is 1.91. The lowest BCUT2D eigenvalue weighted by atomic mass is 9.77. The molecular formula is C17H22N2O2. The SMILES string of the molecule is COc1c(C(O)c2ccccc2C2CCC2)c(C)nn1C. The Morgan fingerprint density at radius 3 is 2.67 bits per heavy atom. The van der Waals surface area contributed by atoms with E-state index in [9.17, 15) is 5.11 Å². The minimum Gasteiger partial charge on any atom is -0.481 e. The van der Waals surface area contributed by atoms with Gasteiger partial charge in [-0.1, -0.05) is 30.7 Å². The Kier molecular flexibility index (Phi) is 3.72. The Morgan fingerprint density at radius 1 is 1.33 bits per heavy atom. The van der Waals surface area contributed by atoms with Crippen LogP contribution in [0.1, 0.15) is 53.7 Å². The molecule has 3 rings (SSSR count). The fourth-order valence-corrected chi connectivity index (χ4v) is 3.22. The van der Waals surface area contributed by atoms with Crippen LogP contribution in [0.15, 0.2) is 24.3 Å². The van der Waals surface area contributed by atoms with Gasteiger partial charge in [0.1, 0.15) is 6.10 Å². The Labute approximate surface area is 125 Å².